The number of aliphatic hydroxyl groups is 1. The van der Waals surface area contributed by atoms with Crippen molar-refractivity contribution in [3.05, 3.63) is 100 Å². The van der Waals surface area contributed by atoms with Crippen molar-refractivity contribution in [3.8, 4) is 16.9 Å². The first-order chi connectivity index (χ1) is 22.7. The Morgan fingerprint density at radius 3 is 2.66 bits per heavy atom. The molecule has 1 aliphatic rings. The van der Waals surface area contributed by atoms with Crippen molar-refractivity contribution in [2.75, 3.05) is 6.61 Å². The highest BCUT2D eigenvalue weighted by molar-refractivity contribution is 7.98. The molecule has 6 aromatic rings. The molecule has 0 spiro atoms. The van der Waals surface area contributed by atoms with Crippen LogP contribution in [0.15, 0.2) is 66.1 Å². The number of ether oxygens (including phenoxy) is 1. The number of rotatable bonds is 2. The van der Waals surface area contributed by atoms with Gasteiger partial charge in [0, 0.05) is 86.6 Å². The van der Waals surface area contributed by atoms with E-state index >= 15 is 0 Å². The highest BCUT2D eigenvalue weighted by atomic mass is 35.5. The molecular weight excluding hydrogens is 646 g/mol. The van der Waals surface area contributed by atoms with Crippen LogP contribution in [0, 0.1) is 6.92 Å². The van der Waals surface area contributed by atoms with Crippen molar-refractivity contribution in [3.63, 3.8) is 0 Å². The lowest BCUT2D eigenvalue weighted by Crippen LogP contribution is -2.08. The average molecular weight is 684 g/mol. The number of hydrogen-bond donors (Lipinski definition) is 1. The number of aryl methyl sites for hydroxylation is 4. The van der Waals surface area contributed by atoms with Crippen LogP contribution in [0.25, 0.3) is 38.6 Å². The number of halogens is 1. The van der Waals surface area contributed by atoms with Gasteiger partial charge >= 0.3 is 0 Å². The summed E-state index contributed by atoms with van der Waals surface area (Å²) in [7, 11) is 4.01. The number of thioether (sulfide) groups is 2. The molecule has 0 amide bonds. The number of nitrogens with zero attached hydrogens (tertiary/aromatic N) is 5. The van der Waals surface area contributed by atoms with Gasteiger partial charge in [-0.1, -0.05) is 49.4 Å². The van der Waals surface area contributed by atoms with E-state index in [0.29, 0.717) is 30.3 Å². The number of hydrogen-bond acceptors (Lipinski definition) is 6. The van der Waals surface area contributed by atoms with Gasteiger partial charge in [-0.15, -0.1) is 23.5 Å². The van der Waals surface area contributed by atoms with Crippen molar-refractivity contribution >= 4 is 62.6 Å². The number of benzene rings is 3. The predicted octanol–water partition coefficient (Wildman–Crippen LogP) is 9.49. The van der Waals surface area contributed by atoms with Gasteiger partial charge in [-0.05, 0) is 61.0 Å². The first kappa shape index (κ1) is 31.8. The monoisotopic (exact) mass is 683 g/mol. The highest BCUT2D eigenvalue weighted by Gasteiger charge is 2.26. The molecule has 10 heteroatoms. The topological polar surface area (TPSA) is 70.0 Å². The van der Waals surface area contributed by atoms with E-state index in [-0.39, 0.29) is 5.76 Å². The Kier molecular flexibility index (Phi) is 8.80. The first-order valence-corrected chi connectivity index (χ1v) is 18.4. The van der Waals surface area contributed by atoms with Crippen LogP contribution in [0.1, 0.15) is 47.4 Å². The summed E-state index contributed by atoms with van der Waals surface area (Å²) in [5.74, 6) is 3.22. The zero-order valence-corrected chi connectivity index (χ0v) is 29.5. The van der Waals surface area contributed by atoms with Gasteiger partial charge < -0.3 is 14.4 Å². The maximum atomic E-state index is 11.0. The largest absolute Gasteiger partial charge is 0.506 e. The van der Waals surface area contributed by atoms with Crippen LogP contribution in [-0.4, -0.2) is 35.8 Å². The van der Waals surface area contributed by atoms with Crippen molar-refractivity contribution in [1.29, 1.82) is 0 Å². The molecule has 7 rings (SSSR count). The molecule has 0 atom stereocenters. The minimum absolute atomic E-state index is 0.0552. The van der Waals surface area contributed by atoms with E-state index in [9.17, 15) is 5.11 Å². The molecule has 0 saturated heterocycles. The lowest BCUT2D eigenvalue weighted by molar-refractivity contribution is 0.305. The minimum Gasteiger partial charge on any atom is -0.506 e. The Morgan fingerprint density at radius 1 is 1.02 bits per heavy atom. The second-order valence-corrected chi connectivity index (χ2v) is 14.4. The molecule has 7 nitrogen and oxygen atoms in total. The van der Waals surface area contributed by atoms with E-state index in [1.165, 1.54) is 5.69 Å². The molecule has 8 bridgehead atoms. The van der Waals surface area contributed by atoms with E-state index in [2.05, 4.69) is 73.5 Å². The summed E-state index contributed by atoms with van der Waals surface area (Å²) < 4.78 is 12.6. The van der Waals surface area contributed by atoms with E-state index < -0.39 is 0 Å². The van der Waals surface area contributed by atoms with E-state index in [1.807, 2.05) is 29.5 Å². The van der Waals surface area contributed by atoms with Crippen molar-refractivity contribution in [2.24, 2.45) is 14.1 Å². The van der Waals surface area contributed by atoms with Gasteiger partial charge in [-0.25, -0.2) is 0 Å². The Labute approximate surface area is 288 Å². The average Bonchev–Trinajstić information content (AvgIpc) is 3.67. The van der Waals surface area contributed by atoms with Crippen LogP contribution in [0.2, 0.25) is 5.02 Å². The predicted molar refractivity (Wildman–Crippen MR) is 197 cm³/mol. The molecule has 3 aromatic heterocycles. The quantitative estimate of drug-likeness (QED) is 0.183. The summed E-state index contributed by atoms with van der Waals surface area (Å²) in [4.78, 5) is 1.16. The van der Waals surface area contributed by atoms with Gasteiger partial charge in [-0.2, -0.15) is 10.2 Å². The molecule has 4 heterocycles. The Bertz CT molecular complexity index is 2160. The maximum absolute atomic E-state index is 11.0. The maximum Gasteiger partial charge on any atom is 0.132 e. The molecule has 0 saturated carbocycles. The normalized spacial score (nSPS) is 14.2. The van der Waals surface area contributed by atoms with Crippen LogP contribution in [0.5, 0.6) is 5.75 Å². The molecular formula is C37H38ClN5O2S2. The summed E-state index contributed by atoms with van der Waals surface area (Å²) in [5, 5.41) is 24.8. The van der Waals surface area contributed by atoms with Gasteiger partial charge in [0.05, 0.1) is 23.7 Å². The molecule has 1 aliphatic heterocycles. The van der Waals surface area contributed by atoms with Crippen LogP contribution < -0.4 is 4.74 Å². The fourth-order valence-corrected chi connectivity index (χ4v) is 8.88. The molecule has 0 unspecified atom stereocenters. The van der Waals surface area contributed by atoms with E-state index in [1.54, 1.807) is 23.5 Å². The fraction of sp³-hybridized carbons (Fsp3) is 0.297. The van der Waals surface area contributed by atoms with Crippen LogP contribution >= 0.6 is 35.1 Å². The number of aromatic nitrogens is 5. The number of fused-ring (bicyclic) bond motifs is 8. The first-order valence-electron chi connectivity index (χ1n) is 15.9. The third kappa shape index (κ3) is 5.83. The Balaban J connectivity index is 1.37. The fourth-order valence-electron chi connectivity index (χ4n) is 6.80. The third-order valence-electron chi connectivity index (χ3n) is 9.05. The van der Waals surface area contributed by atoms with Crippen molar-refractivity contribution in [2.45, 2.75) is 55.4 Å². The van der Waals surface area contributed by atoms with Gasteiger partial charge in [0.2, 0.25) is 0 Å². The van der Waals surface area contributed by atoms with Crippen LogP contribution in [0.4, 0.5) is 0 Å². The van der Waals surface area contributed by atoms with Crippen LogP contribution in [0.3, 0.4) is 0 Å². The molecule has 0 radical (unpaired) electrons. The summed E-state index contributed by atoms with van der Waals surface area (Å²) in [5.41, 5.74) is 9.08. The van der Waals surface area contributed by atoms with Gasteiger partial charge in [0.1, 0.15) is 11.5 Å². The Morgan fingerprint density at radius 2 is 1.85 bits per heavy atom. The minimum atomic E-state index is 0.0552. The second kappa shape index (κ2) is 13.0. The van der Waals surface area contributed by atoms with Gasteiger partial charge in [-0.3, -0.25) is 9.36 Å². The number of aliphatic hydroxyl groups excluding tert-OH is 1. The summed E-state index contributed by atoms with van der Waals surface area (Å²) >= 11 is 10.7. The standard InChI is InChI=1S/C37H38ClN5O2S2/c1-6-28-35-32-13-12-30(38)36(35)34-22(2)41(4)40-31(34)21-46-19-25-17-26(42(5)39-25)20-47-27-16-24-10-7-8-11-29(24)33(18-27)45-15-9-14-43(32)37(28)23(3)44/h7-8,10-13,16-18,44H,3,6,9,14-15,19-21H2,1-2,4-5H3. The zero-order chi connectivity index (χ0) is 32.8. The lowest BCUT2D eigenvalue weighted by atomic mass is 9.95. The van der Waals surface area contributed by atoms with Crippen molar-refractivity contribution < 1.29 is 9.84 Å². The molecule has 1 N–H and O–H groups in total. The van der Waals surface area contributed by atoms with Crippen LogP contribution in [-0.2, 0) is 44.3 Å². The van der Waals surface area contributed by atoms with Gasteiger partial charge in [0.25, 0.3) is 0 Å². The van der Waals surface area contributed by atoms with E-state index in [0.717, 1.165) is 89.7 Å². The van der Waals surface area contributed by atoms with E-state index in [4.69, 9.17) is 26.5 Å². The van der Waals surface area contributed by atoms with Gasteiger partial charge in [0.15, 0.2) is 0 Å². The molecule has 0 aliphatic carbocycles. The summed E-state index contributed by atoms with van der Waals surface area (Å²) in [6.07, 6.45) is 1.45. The Hall–Kier alpha value is -3.79. The van der Waals surface area contributed by atoms with Crippen molar-refractivity contribution in [1.82, 2.24) is 24.1 Å². The smallest absolute Gasteiger partial charge is 0.132 e. The summed E-state index contributed by atoms with van der Waals surface area (Å²) in [6, 6.07) is 19.0. The molecule has 242 valence electrons. The highest BCUT2D eigenvalue weighted by Crippen LogP contribution is 2.44. The second-order valence-electron chi connectivity index (χ2n) is 12.0. The summed E-state index contributed by atoms with van der Waals surface area (Å²) in [6.45, 7) is 9.38. The molecule has 0 fully saturated rings. The molecule has 3 aromatic carbocycles. The third-order valence-corrected chi connectivity index (χ3v) is 11.3. The zero-order valence-electron chi connectivity index (χ0n) is 27.1. The SMILES string of the molecule is C=C(O)c1c(CC)c2c3c(Cl)ccc2n1CCCOc1cc(cc2ccccc12)SCc1cc(nn1C)CSCc1nn(C)c(C)c1-3. The lowest BCUT2D eigenvalue weighted by Gasteiger charge is -2.14. The molecule has 47 heavy (non-hydrogen) atoms.